The second-order valence-electron chi connectivity index (χ2n) is 8.24. The molecule has 4 rings (SSSR count). The van der Waals surface area contributed by atoms with Gasteiger partial charge < -0.3 is 10.1 Å². The van der Waals surface area contributed by atoms with E-state index in [1.165, 1.54) is 0 Å². The topological polar surface area (TPSA) is 69.0 Å². The van der Waals surface area contributed by atoms with Gasteiger partial charge in [-0.3, -0.25) is 9.55 Å². The third kappa shape index (κ3) is 4.83. The van der Waals surface area contributed by atoms with Crippen molar-refractivity contribution < 1.29 is 9.53 Å². The number of nitrogens with one attached hydrogen (secondary N) is 1. The number of rotatable bonds is 4. The van der Waals surface area contributed by atoms with E-state index in [0.717, 1.165) is 37.7 Å². The highest BCUT2D eigenvalue weighted by atomic mass is 79.9. The Kier molecular flexibility index (Phi) is 5.90. The van der Waals surface area contributed by atoms with Gasteiger partial charge in [-0.1, -0.05) is 23.7 Å². The molecule has 0 saturated carbocycles. The minimum Gasteiger partial charge on any atom is -0.444 e. The van der Waals surface area contributed by atoms with Crippen LogP contribution in [-0.4, -0.2) is 32.8 Å². The summed E-state index contributed by atoms with van der Waals surface area (Å²) in [6.45, 7) is 6.04. The first-order valence-corrected chi connectivity index (χ1v) is 11.1. The lowest BCUT2D eigenvalue weighted by Gasteiger charge is -2.19. The number of benzene rings is 2. The van der Waals surface area contributed by atoms with Crippen LogP contribution in [0.2, 0.25) is 5.02 Å². The number of amides is 1. The van der Waals surface area contributed by atoms with Gasteiger partial charge in [-0.25, -0.2) is 9.78 Å². The third-order valence-electron chi connectivity index (χ3n) is 4.71. The number of alkyl carbamates (subject to hydrolysis) is 1. The van der Waals surface area contributed by atoms with Crippen molar-refractivity contribution in [1.82, 2.24) is 19.9 Å². The number of hydrogen-bond donors (Lipinski definition) is 1. The third-order valence-corrected chi connectivity index (χ3v) is 5.91. The molecule has 0 radical (unpaired) electrons. The summed E-state index contributed by atoms with van der Waals surface area (Å²) in [6, 6.07) is 12.0. The van der Waals surface area contributed by atoms with Crippen LogP contribution in [0.3, 0.4) is 0 Å². The van der Waals surface area contributed by atoms with Crippen molar-refractivity contribution in [2.45, 2.75) is 32.8 Å². The van der Waals surface area contributed by atoms with E-state index in [0.29, 0.717) is 18.0 Å². The number of carbonyl (C=O) groups excluding carboxylic acids is 1. The fraction of sp³-hybridized carbons (Fsp3) is 0.261. The Balaban J connectivity index is 1.55. The van der Waals surface area contributed by atoms with Gasteiger partial charge in [0, 0.05) is 22.1 Å². The zero-order valence-corrected chi connectivity index (χ0v) is 19.8. The van der Waals surface area contributed by atoms with Gasteiger partial charge in [0.25, 0.3) is 0 Å². The minimum atomic E-state index is -0.500. The molecule has 1 amide bonds. The number of halogens is 2. The van der Waals surface area contributed by atoms with E-state index in [1.807, 2.05) is 61.7 Å². The summed E-state index contributed by atoms with van der Waals surface area (Å²) in [4.78, 5) is 20.8. The van der Waals surface area contributed by atoms with Crippen molar-refractivity contribution >= 4 is 55.6 Å². The van der Waals surface area contributed by atoms with Crippen molar-refractivity contribution in [3.05, 3.63) is 64.0 Å². The summed E-state index contributed by atoms with van der Waals surface area (Å²) in [5, 5.41) is 4.37. The highest BCUT2D eigenvalue weighted by Crippen LogP contribution is 2.32. The summed E-state index contributed by atoms with van der Waals surface area (Å²) in [5.74, 6) is 0. The average molecular weight is 502 g/mol. The van der Waals surface area contributed by atoms with Crippen LogP contribution in [0.1, 0.15) is 26.3 Å². The molecular formula is C23H22BrClN4O2. The molecule has 6 nitrogen and oxygen atoms in total. The molecule has 0 atom stereocenters. The van der Waals surface area contributed by atoms with Gasteiger partial charge in [0.2, 0.25) is 0 Å². The minimum absolute atomic E-state index is 0.402. The molecule has 8 heteroatoms. The Morgan fingerprint density at radius 3 is 2.61 bits per heavy atom. The maximum absolute atomic E-state index is 11.8. The van der Waals surface area contributed by atoms with Gasteiger partial charge in [0.05, 0.1) is 22.3 Å². The second kappa shape index (κ2) is 8.48. The summed E-state index contributed by atoms with van der Waals surface area (Å²) < 4.78 is 8.12. The molecule has 0 saturated heterocycles. The molecule has 0 bridgehead atoms. The maximum Gasteiger partial charge on any atom is 0.407 e. The van der Waals surface area contributed by atoms with Crippen LogP contribution in [0, 0.1) is 0 Å². The van der Waals surface area contributed by atoms with Crippen LogP contribution >= 0.6 is 27.5 Å². The lowest BCUT2D eigenvalue weighted by atomic mass is 10.1. The molecule has 0 spiro atoms. The molecule has 2 aromatic heterocycles. The first-order valence-electron chi connectivity index (χ1n) is 9.88. The molecule has 0 aliphatic rings. The smallest absolute Gasteiger partial charge is 0.407 e. The van der Waals surface area contributed by atoms with Crippen molar-refractivity contribution in [3.63, 3.8) is 0 Å². The first-order chi connectivity index (χ1) is 14.7. The lowest BCUT2D eigenvalue weighted by molar-refractivity contribution is 0.0528. The molecule has 0 aliphatic carbocycles. The molecule has 0 fully saturated rings. The van der Waals surface area contributed by atoms with Gasteiger partial charge in [-0.05, 0) is 73.0 Å². The number of aromatic nitrogens is 3. The van der Waals surface area contributed by atoms with Crippen molar-refractivity contribution in [2.75, 3.05) is 6.54 Å². The molecule has 31 heavy (non-hydrogen) atoms. The summed E-state index contributed by atoms with van der Waals surface area (Å²) in [5.41, 5.74) is 4.21. The van der Waals surface area contributed by atoms with Crippen LogP contribution in [0.5, 0.6) is 0 Å². The predicted molar refractivity (Wildman–Crippen MR) is 127 cm³/mol. The molecule has 1 N–H and O–H groups in total. The van der Waals surface area contributed by atoms with Gasteiger partial charge in [-0.2, -0.15) is 0 Å². The molecule has 2 heterocycles. The predicted octanol–water partition coefficient (Wildman–Crippen LogP) is 6.06. The van der Waals surface area contributed by atoms with Crippen molar-refractivity contribution in [2.24, 2.45) is 0 Å². The SMILES string of the molecule is CC(C)(C)OC(=O)NCCc1ccc(-n2cnc3cnc4cc(Cl)c(Br)cc4c32)cc1. The number of imidazole rings is 1. The molecule has 160 valence electrons. The maximum atomic E-state index is 11.8. The molecule has 2 aromatic carbocycles. The first kappa shape index (κ1) is 21.6. The number of nitrogens with zero attached hydrogens (tertiary/aromatic N) is 3. The van der Waals surface area contributed by atoms with Crippen LogP contribution < -0.4 is 5.32 Å². The van der Waals surface area contributed by atoms with Crippen LogP contribution in [0.4, 0.5) is 4.79 Å². The molecule has 4 aromatic rings. The van der Waals surface area contributed by atoms with Gasteiger partial charge >= 0.3 is 6.09 Å². The van der Waals surface area contributed by atoms with E-state index < -0.39 is 11.7 Å². The average Bonchev–Trinajstić information content (AvgIpc) is 3.13. The van der Waals surface area contributed by atoms with Crippen molar-refractivity contribution in [1.29, 1.82) is 0 Å². The van der Waals surface area contributed by atoms with Gasteiger partial charge in [0.15, 0.2) is 0 Å². The number of pyridine rings is 1. The van der Waals surface area contributed by atoms with Crippen LogP contribution in [0.15, 0.2) is 53.4 Å². The highest BCUT2D eigenvalue weighted by Gasteiger charge is 2.15. The summed E-state index contributed by atoms with van der Waals surface area (Å²) in [6.07, 6.45) is 3.87. The van der Waals surface area contributed by atoms with E-state index in [1.54, 1.807) is 12.5 Å². The quantitative estimate of drug-likeness (QED) is 0.369. The standard InChI is InChI=1S/C23H22BrClN4O2/c1-23(2,3)31-22(30)26-9-8-14-4-6-15(7-5-14)29-13-28-20-12-27-19-11-18(25)17(24)10-16(19)21(20)29/h4-7,10-13H,8-9H2,1-3H3,(H,26,30). The van der Waals surface area contributed by atoms with E-state index in [4.69, 9.17) is 16.3 Å². The Hall–Kier alpha value is -2.64. The molecule has 0 unspecified atom stereocenters. The largest absolute Gasteiger partial charge is 0.444 e. The molecular weight excluding hydrogens is 480 g/mol. The summed E-state index contributed by atoms with van der Waals surface area (Å²) >= 11 is 9.74. The Morgan fingerprint density at radius 1 is 1.16 bits per heavy atom. The Bertz CT molecular complexity index is 1260. The van der Waals surface area contributed by atoms with E-state index in [-0.39, 0.29) is 0 Å². The number of fused-ring (bicyclic) bond motifs is 3. The zero-order valence-electron chi connectivity index (χ0n) is 17.4. The van der Waals surface area contributed by atoms with Crippen molar-refractivity contribution in [3.8, 4) is 5.69 Å². The van der Waals surface area contributed by atoms with Crippen LogP contribution in [0.25, 0.3) is 27.6 Å². The van der Waals surface area contributed by atoms with E-state index in [9.17, 15) is 4.79 Å². The zero-order chi connectivity index (χ0) is 22.2. The second-order valence-corrected chi connectivity index (χ2v) is 9.50. The van der Waals surface area contributed by atoms with Crippen LogP contribution in [-0.2, 0) is 11.2 Å². The van der Waals surface area contributed by atoms with Gasteiger partial charge in [-0.15, -0.1) is 0 Å². The number of ether oxygens (including phenoxy) is 1. The molecule has 0 aliphatic heterocycles. The summed E-state index contributed by atoms with van der Waals surface area (Å²) in [7, 11) is 0. The Labute approximate surface area is 193 Å². The fourth-order valence-corrected chi connectivity index (χ4v) is 3.83. The number of carbonyl (C=O) groups is 1. The Morgan fingerprint density at radius 2 is 1.90 bits per heavy atom. The highest BCUT2D eigenvalue weighted by molar-refractivity contribution is 9.10. The lowest BCUT2D eigenvalue weighted by Crippen LogP contribution is -2.33. The van der Waals surface area contributed by atoms with E-state index in [2.05, 4.69) is 31.2 Å². The van der Waals surface area contributed by atoms with E-state index >= 15 is 0 Å². The normalized spacial score (nSPS) is 11.8. The monoisotopic (exact) mass is 500 g/mol. The number of hydrogen-bond acceptors (Lipinski definition) is 4. The van der Waals surface area contributed by atoms with Gasteiger partial charge in [0.1, 0.15) is 17.4 Å². The fourth-order valence-electron chi connectivity index (χ4n) is 3.33.